The second-order valence-corrected chi connectivity index (χ2v) is 5.19. The number of aromatic nitrogens is 3. The Morgan fingerprint density at radius 1 is 1.10 bits per heavy atom. The molecule has 0 saturated carbocycles. The van der Waals surface area contributed by atoms with Crippen LogP contribution in [-0.2, 0) is 0 Å². The molecule has 0 bridgehead atoms. The average Bonchev–Trinajstić information content (AvgIpc) is 2.48. The second kappa shape index (κ2) is 5.27. The summed E-state index contributed by atoms with van der Waals surface area (Å²) in [6.45, 7) is 1.91. The molecule has 1 aromatic carbocycles. The minimum absolute atomic E-state index is 0.589. The van der Waals surface area contributed by atoms with E-state index >= 15 is 0 Å². The van der Waals surface area contributed by atoms with Crippen LogP contribution in [0.3, 0.4) is 0 Å². The van der Waals surface area contributed by atoms with E-state index in [0.717, 1.165) is 21.5 Å². The number of fused-ring (bicyclic) bond motifs is 1. The van der Waals surface area contributed by atoms with Crippen LogP contribution in [0.2, 0.25) is 0 Å². The predicted molar refractivity (Wildman–Crippen MR) is 77.4 cm³/mol. The van der Waals surface area contributed by atoms with Gasteiger partial charge in [-0.3, -0.25) is 4.98 Å². The number of benzene rings is 1. The van der Waals surface area contributed by atoms with Gasteiger partial charge in [-0.15, -0.1) is 0 Å². The van der Waals surface area contributed by atoms with Gasteiger partial charge in [-0.05, 0) is 36.9 Å². The number of rotatable bonds is 2. The van der Waals surface area contributed by atoms with Crippen LogP contribution in [0.4, 0.5) is 0 Å². The van der Waals surface area contributed by atoms with Crippen LogP contribution >= 0.6 is 11.8 Å². The summed E-state index contributed by atoms with van der Waals surface area (Å²) < 4.78 is 0. The molecule has 0 aliphatic carbocycles. The lowest BCUT2D eigenvalue weighted by Crippen LogP contribution is -1.91. The Kier molecular flexibility index (Phi) is 3.32. The van der Waals surface area contributed by atoms with E-state index in [9.17, 15) is 5.26 Å². The highest BCUT2D eigenvalue weighted by Gasteiger charge is 2.11. The Bertz CT molecular complexity index is 823. The van der Waals surface area contributed by atoms with E-state index < -0.39 is 0 Å². The number of nitriles is 1. The maximum Gasteiger partial charge on any atom is 0.192 e. The Balaban J connectivity index is 2.17. The van der Waals surface area contributed by atoms with E-state index in [1.165, 1.54) is 11.8 Å². The van der Waals surface area contributed by atoms with Gasteiger partial charge >= 0.3 is 0 Å². The Morgan fingerprint density at radius 3 is 2.80 bits per heavy atom. The lowest BCUT2D eigenvalue weighted by molar-refractivity contribution is 0.932. The van der Waals surface area contributed by atoms with Crippen molar-refractivity contribution in [3.63, 3.8) is 0 Å². The summed E-state index contributed by atoms with van der Waals surface area (Å²) in [5.74, 6) is 0. The van der Waals surface area contributed by atoms with Gasteiger partial charge in [0.15, 0.2) is 5.16 Å². The first-order valence-corrected chi connectivity index (χ1v) is 6.85. The van der Waals surface area contributed by atoms with Crippen LogP contribution < -0.4 is 0 Å². The number of hydrogen-bond donors (Lipinski definition) is 0. The molecule has 0 aliphatic heterocycles. The molecule has 0 radical (unpaired) electrons. The van der Waals surface area contributed by atoms with Crippen LogP contribution in [0.25, 0.3) is 10.9 Å². The Hall–Kier alpha value is -2.45. The third kappa shape index (κ3) is 2.33. The van der Waals surface area contributed by atoms with E-state index in [1.54, 1.807) is 12.4 Å². The molecule has 0 saturated heterocycles. The molecule has 0 amide bonds. The number of hydrogen-bond acceptors (Lipinski definition) is 5. The maximum atomic E-state index is 9.28. The second-order valence-electron chi connectivity index (χ2n) is 4.21. The van der Waals surface area contributed by atoms with Crippen molar-refractivity contribution in [2.24, 2.45) is 0 Å². The highest BCUT2D eigenvalue weighted by molar-refractivity contribution is 7.99. The molecular weight excluding hydrogens is 268 g/mol. The molecular formula is C15H10N4S. The third-order valence-corrected chi connectivity index (χ3v) is 3.81. The molecule has 4 nitrogen and oxygen atoms in total. The Labute approximate surface area is 120 Å². The van der Waals surface area contributed by atoms with Gasteiger partial charge in [-0.25, -0.2) is 9.97 Å². The fourth-order valence-electron chi connectivity index (χ4n) is 1.88. The number of pyridine rings is 1. The SMILES string of the molecule is Cc1ccnc(Sc2c(C#N)ccc3cccnc23)n1. The molecule has 20 heavy (non-hydrogen) atoms. The molecule has 96 valence electrons. The summed E-state index contributed by atoms with van der Waals surface area (Å²) >= 11 is 1.38. The minimum atomic E-state index is 0.589. The monoisotopic (exact) mass is 278 g/mol. The molecule has 0 atom stereocenters. The molecule has 0 fully saturated rings. The predicted octanol–water partition coefficient (Wildman–Crippen LogP) is 3.36. The molecule has 0 unspecified atom stereocenters. The molecule has 2 aromatic heterocycles. The van der Waals surface area contributed by atoms with E-state index in [2.05, 4.69) is 21.0 Å². The van der Waals surface area contributed by atoms with Crippen LogP contribution in [0.1, 0.15) is 11.3 Å². The number of nitrogens with zero attached hydrogens (tertiary/aromatic N) is 4. The van der Waals surface area contributed by atoms with Crippen molar-refractivity contribution in [1.82, 2.24) is 15.0 Å². The van der Waals surface area contributed by atoms with Crippen molar-refractivity contribution in [3.05, 3.63) is 54.0 Å². The fourth-order valence-corrected chi connectivity index (χ4v) is 2.85. The Morgan fingerprint density at radius 2 is 2.00 bits per heavy atom. The summed E-state index contributed by atoms with van der Waals surface area (Å²) in [6.07, 6.45) is 3.44. The van der Waals surface area contributed by atoms with Gasteiger partial charge < -0.3 is 0 Å². The minimum Gasteiger partial charge on any atom is -0.255 e. The molecule has 2 heterocycles. The molecule has 5 heteroatoms. The first kappa shape index (κ1) is 12.6. The number of aryl methyl sites for hydroxylation is 1. The van der Waals surface area contributed by atoms with Gasteiger partial charge in [0, 0.05) is 23.5 Å². The van der Waals surface area contributed by atoms with Gasteiger partial charge in [-0.1, -0.05) is 12.1 Å². The molecule has 3 aromatic rings. The summed E-state index contributed by atoms with van der Waals surface area (Å²) in [5.41, 5.74) is 2.29. The van der Waals surface area contributed by atoms with E-state index in [-0.39, 0.29) is 0 Å². The van der Waals surface area contributed by atoms with E-state index in [1.807, 2.05) is 37.3 Å². The average molecular weight is 278 g/mol. The summed E-state index contributed by atoms with van der Waals surface area (Å²) in [4.78, 5) is 13.8. The molecule has 0 spiro atoms. The standard InChI is InChI=1S/C15H10N4S/c1-10-6-8-18-15(19-10)20-14-12(9-16)5-4-11-3-2-7-17-13(11)14/h2-8H,1H3. The van der Waals surface area contributed by atoms with Crippen LogP contribution in [0, 0.1) is 18.3 Å². The molecule has 3 rings (SSSR count). The van der Waals surface area contributed by atoms with Gasteiger partial charge in [-0.2, -0.15) is 5.26 Å². The largest absolute Gasteiger partial charge is 0.255 e. The van der Waals surface area contributed by atoms with Crippen LogP contribution in [0.5, 0.6) is 0 Å². The van der Waals surface area contributed by atoms with Crippen molar-refractivity contribution >= 4 is 22.7 Å². The maximum absolute atomic E-state index is 9.28. The zero-order chi connectivity index (χ0) is 13.9. The van der Waals surface area contributed by atoms with Gasteiger partial charge in [0.1, 0.15) is 6.07 Å². The highest BCUT2D eigenvalue weighted by Crippen LogP contribution is 2.33. The normalized spacial score (nSPS) is 10.4. The first-order valence-electron chi connectivity index (χ1n) is 6.03. The fraction of sp³-hybridized carbons (Fsp3) is 0.0667. The van der Waals surface area contributed by atoms with Gasteiger partial charge in [0.05, 0.1) is 16.0 Å². The summed E-state index contributed by atoms with van der Waals surface area (Å²) in [6, 6.07) is 11.6. The topological polar surface area (TPSA) is 62.5 Å². The lowest BCUT2D eigenvalue weighted by Gasteiger charge is -2.06. The van der Waals surface area contributed by atoms with E-state index in [0.29, 0.717) is 10.7 Å². The van der Waals surface area contributed by atoms with Crippen LogP contribution in [-0.4, -0.2) is 15.0 Å². The van der Waals surface area contributed by atoms with Crippen molar-refractivity contribution in [2.45, 2.75) is 17.0 Å². The van der Waals surface area contributed by atoms with Gasteiger partial charge in [0.2, 0.25) is 0 Å². The quantitative estimate of drug-likeness (QED) is 0.673. The first-order chi connectivity index (χ1) is 9.78. The lowest BCUT2D eigenvalue weighted by atomic mass is 10.1. The van der Waals surface area contributed by atoms with Gasteiger partial charge in [0.25, 0.3) is 0 Å². The summed E-state index contributed by atoms with van der Waals surface area (Å²) in [5, 5.41) is 10.9. The highest BCUT2D eigenvalue weighted by atomic mass is 32.2. The molecule has 0 N–H and O–H groups in total. The van der Waals surface area contributed by atoms with Crippen molar-refractivity contribution < 1.29 is 0 Å². The zero-order valence-electron chi connectivity index (χ0n) is 10.7. The third-order valence-electron chi connectivity index (χ3n) is 2.81. The van der Waals surface area contributed by atoms with Crippen molar-refractivity contribution in [3.8, 4) is 6.07 Å². The van der Waals surface area contributed by atoms with E-state index in [4.69, 9.17) is 0 Å². The van der Waals surface area contributed by atoms with Crippen molar-refractivity contribution in [1.29, 1.82) is 5.26 Å². The van der Waals surface area contributed by atoms with Crippen molar-refractivity contribution in [2.75, 3.05) is 0 Å². The van der Waals surface area contributed by atoms with Crippen LogP contribution in [0.15, 0.2) is 52.8 Å². The zero-order valence-corrected chi connectivity index (χ0v) is 11.6. The smallest absolute Gasteiger partial charge is 0.192 e. The summed E-state index contributed by atoms with van der Waals surface area (Å²) in [7, 11) is 0. The molecule has 0 aliphatic rings.